The molecule has 1 heterocycles. The lowest BCUT2D eigenvalue weighted by Crippen LogP contribution is -2.12. The smallest absolute Gasteiger partial charge is 0.280 e. The van der Waals surface area contributed by atoms with Crippen LogP contribution in [-0.2, 0) is 0 Å². The number of nitrogens with one attached hydrogen (secondary N) is 1. The maximum absolute atomic E-state index is 12.8. The number of hydrogen-bond acceptors (Lipinski definition) is 6. The number of aromatic nitrogens is 2. The summed E-state index contributed by atoms with van der Waals surface area (Å²) in [5.41, 5.74) is 2.64. The van der Waals surface area contributed by atoms with Crippen molar-refractivity contribution in [2.24, 2.45) is 5.84 Å². The zero-order valence-corrected chi connectivity index (χ0v) is 11.4. The third kappa shape index (κ3) is 3.16. The van der Waals surface area contributed by atoms with E-state index in [0.717, 1.165) is 0 Å². The molecule has 2 rings (SSSR count). The number of rotatable bonds is 5. The summed E-state index contributed by atoms with van der Waals surface area (Å²) in [6.45, 7) is 0. The Bertz CT molecular complexity index is 638. The first-order valence-corrected chi connectivity index (χ1v) is 5.95. The maximum Gasteiger partial charge on any atom is 0.280 e. The Balaban J connectivity index is 2.52. The normalized spacial score (nSPS) is 10.6. The van der Waals surface area contributed by atoms with Crippen LogP contribution in [0.2, 0.25) is 0 Å². The molecule has 0 saturated carbocycles. The molecule has 0 bridgehead atoms. The minimum Gasteiger partial charge on any atom is -0.493 e. The lowest BCUT2D eigenvalue weighted by Gasteiger charge is -2.11. The molecule has 1 aromatic heterocycles. The average Bonchev–Trinajstić information content (AvgIpc) is 2.53. The zero-order valence-electron chi connectivity index (χ0n) is 11.4. The predicted molar refractivity (Wildman–Crippen MR) is 73.3 cm³/mol. The van der Waals surface area contributed by atoms with Gasteiger partial charge in [0.25, 0.3) is 6.43 Å². The summed E-state index contributed by atoms with van der Waals surface area (Å²) in [5, 5.41) is 0. The Morgan fingerprint density at radius 2 is 1.81 bits per heavy atom. The van der Waals surface area contributed by atoms with Crippen LogP contribution in [0.15, 0.2) is 24.3 Å². The van der Waals surface area contributed by atoms with E-state index in [0.29, 0.717) is 22.8 Å². The van der Waals surface area contributed by atoms with Crippen molar-refractivity contribution >= 4 is 5.95 Å². The Hall–Kier alpha value is -2.48. The molecule has 2 aromatic rings. The van der Waals surface area contributed by atoms with Gasteiger partial charge in [-0.05, 0) is 24.3 Å². The van der Waals surface area contributed by atoms with Crippen LogP contribution in [0.4, 0.5) is 14.7 Å². The third-order valence-electron chi connectivity index (χ3n) is 2.78. The fraction of sp³-hybridized carbons (Fsp3) is 0.231. The van der Waals surface area contributed by atoms with E-state index in [9.17, 15) is 8.78 Å². The fourth-order valence-electron chi connectivity index (χ4n) is 1.79. The van der Waals surface area contributed by atoms with Crippen molar-refractivity contribution in [3.63, 3.8) is 0 Å². The average molecular weight is 296 g/mol. The molecule has 6 nitrogen and oxygen atoms in total. The Morgan fingerprint density at radius 3 is 2.38 bits per heavy atom. The van der Waals surface area contributed by atoms with Crippen molar-refractivity contribution in [2.45, 2.75) is 6.43 Å². The molecule has 0 aliphatic carbocycles. The molecule has 0 fully saturated rings. The van der Waals surface area contributed by atoms with E-state index < -0.39 is 12.1 Å². The van der Waals surface area contributed by atoms with E-state index >= 15 is 0 Å². The van der Waals surface area contributed by atoms with Crippen molar-refractivity contribution in [2.75, 3.05) is 19.6 Å². The highest BCUT2D eigenvalue weighted by molar-refractivity contribution is 5.65. The number of hydrogen-bond donors (Lipinski definition) is 2. The van der Waals surface area contributed by atoms with Crippen LogP contribution in [0.25, 0.3) is 11.3 Å². The number of halogens is 2. The number of benzene rings is 1. The first-order valence-electron chi connectivity index (χ1n) is 5.95. The summed E-state index contributed by atoms with van der Waals surface area (Å²) >= 11 is 0. The van der Waals surface area contributed by atoms with E-state index in [1.165, 1.54) is 20.3 Å². The van der Waals surface area contributed by atoms with Crippen LogP contribution < -0.4 is 20.7 Å². The minimum absolute atomic E-state index is 0.0856. The monoisotopic (exact) mass is 296 g/mol. The highest BCUT2D eigenvalue weighted by atomic mass is 19.3. The topological polar surface area (TPSA) is 82.3 Å². The van der Waals surface area contributed by atoms with E-state index in [1.807, 2.05) is 0 Å². The lowest BCUT2D eigenvalue weighted by atomic mass is 10.1. The van der Waals surface area contributed by atoms with Crippen LogP contribution in [-0.4, -0.2) is 24.2 Å². The second kappa shape index (κ2) is 6.31. The van der Waals surface area contributed by atoms with E-state index in [4.69, 9.17) is 15.3 Å². The van der Waals surface area contributed by atoms with Gasteiger partial charge in [-0.3, -0.25) is 5.43 Å². The summed E-state index contributed by atoms with van der Waals surface area (Å²) < 4.78 is 36.0. The first kappa shape index (κ1) is 14.9. The molecule has 3 N–H and O–H groups in total. The molecule has 0 amide bonds. The van der Waals surface area contributed by atoms with Gasteiger partial charge in [0, 0.05) is 5.56 Å². The van der Waals surface area contributed by atoms with Gasteiger partial charge < -0.3 is 9.47 Å². The predicted octanol–water partition coefficient (Wildman–Crippen LogP) is 2.38. The summed E-state index contributed by atoms with van der Waals surface area (Å²) in [6, 6.07) is 6.18. The van der Waals surface area contributed by atoms with Gasteiger partial charge in [0.05, 0.1) is 19.9 Å². The molecule has 8 heteroatoms. The molecule has 0 spiro atoms. The van der Waals surface area contributed by atoms with Crippen molar-refractivity contribution in [1.82, 2.24) is 9.97 Å². The Kier molecular flexibility index (Phi) is 4.49. The molecule has 1 aromatic carbocycles. The largest absolute Gasteiger partial charge is 0.493 e. The van der Waals surface area contributed by atoms with Gasteiger partial charge in [-0.1, -0.05) is 0 Å². The summed E-state index contributed by atoms with van der Waals surface area (Å²) in [4.78, 5) is 7.66. The lowest BCUT2D eigenvalue weighted by molar-refractivity contribution is 0.146. The summed E-state index contributed by atoms with van der Waals surface area (Å²) in [5.74, 6) is 6.11. The standard InChI is InChI=1S/C13H14F2N4O2/c1-20-10-4-3-7(5-11(10)21-2)8-6-9(12(14)15)18-13(17-8)19-16/h3-6,12H,16H2,1-2H3,(H,17,18,19). The van der Waals surface area contributed by atoms with Crippen LogP contribution >= 0.6 is 0 Å². The van der Waals surface area contributed by atoms with Crippen LogP contribution in [0.3, 0.4) is 0 Å². The summed E-state index contributed by atoms with van der Waals surface area (Å²) in [7, 11) is 2.99. The number of nitrogens with two attached hydrogens (primary N) is 1. The summed E-state index contributed by atoms with van der Waals surface area (Å²) in [6.07, 6.45) is -2.72. The number of nitrogens with zero attached hydrogens (tertiary/aromatic N) is 2. The van der Waals surface area contributed by atoms with E-state index in [2.05, 4.69) is 15.4 Å². The number of anilines is 1. The van der Waals surface area contributed by atoms with Gasteiger partial charge in [-0.2, -0.15) is 0 Å². The van der Waals surface area contributed by atoms with Crippen LogP contribution in [0.5, 0.6) is 11.5 Å². The molecule has 0 atom stereocenters. The van der Waals surface area contributed by atoms with Gasteiger partial charge in [0.15, 0.2) is 11.5 Å². The Labute approximate surface area is 119 Å². The number of nitrogen functional groups attached to an aromatic ring is 1. The molecule has 0 unspecified atom stereocenters. The van der Waals surface area contributed by atoms with Crippen molar-refractivity contribution in [1.29, 1.82) is 0 Å². The van der Waals surface area contributed by atoms with Crippen molar-refractivity contribution in [3.05, 3.63) is 30.0 Å². The molecule has 21 heavy (non-hydrogen) atoms. The third-order valence-corrected chi connectivity index (χ3v) is 2.78. The van der Waals surface area contributed by atoms with Crippen molar-refractivity contribution < 1.29 is 18.3 Å². The zero-order chi connectivity index (χ0) is 15.4. The van der Waals surface area contributed by atoms with Gasteiger partial charge in [-0.15, -0.1) is 0 Å². The van der Waals surface area contributed by atoms with Gasteiger partial charge >= 0.3 is 0 Å². The number of ether oxygens (including phenoxy) is 2. The molecule has 112 valence electrons. The number of hydrazine groups is 1. The first-order chi connectivity index (χ1) is 10.1. The van der Waals surface area contributed by atoms with Gasteiger partial charge in [-0.25, -0.2) is 24.6 Å². The van der Waals surface area contributed by atoms with E-state index in [-0.39, 0.29) is 5.95 Å². The molecule has 0 saturated heterocycles. The van der Waals surface area contributed by atoms with Gasteiger partial charge in [0.1, 0.15) is 5.69 Å². The Morgan fingerprint density at radius 1 is 1.10 bits per heavy atom. The van der Waals surface area contributed by atoms with Crippen LogP contribution in [0, 0.1) is 0 Å². The quantitative estimate of drug-likeness (QED) is 0.651. The SMILES string of the molecule is COc1ccc(-c2cc(C(F)F)nc(NN)n2)cc1OC. The van der Waals surface area contributed by atoms with E-state index in [1.54, 1.807) is 18.2 Å². The minimum atomic E-state index is -2.72. The van der Waals surface area contributed by atoms with Gasteiger partial charge in [0.2, 0.25) is 5.95 Å². The maximum atomic E-state index is 12.8. The molecular formula is C13H14F2N4O2. The second-order valence-corrected chi connectivity index (χ2v) is 4.02. The van der Waals surface area contributed by atoms with Crippen molar-refractivity contribution in [3.8, 4) is 22.8 Å². The molecular weight excluding hydrogens is 282 g/mol. The molecule has 0 aliphatic heterocycles. The number of alkyl halides is 2. The molecule has 0 aliphatic rings. The highest BCUT2D eigenvalue weighted by Crippen LogP contribution is 2.32. The highest BCUT2D eigenvalue weighted by Gasteiger charge is 2.15. The number of methoxy groups -OCH3 is 2. The fourth-order valence-corrected chi connectivity index (χ4v) is 1.79. The molecule has 0 radical (unpaired) electrons. The second-order valence-electron chi connectivity index (χ2n) is 4.02. The van der Waals surface area contributed by atoms with Crippen LogP contribution in [0.1, 0.15) is 12.1 Å².